The molecule has 4 rings (SSSR count). The minimum Gasteiger partial charge on any atom is -0.484 e. The van der Waals surface area contributed by atoms with Crippen LogP contribution in [0.25, 0.3) is 0 Å². The molecule has 1 atom stereocenters. The maximum absolute atomic E-state index is 13.4. The Labute approximate surface area is 209 Å². The molecule has 3 aromatic rings. The van der Waals surface area contributed by atoms with Crippen LogP contribution in [-0.4, -0.2) is 47.8 Å². The van der Waals surface area contributed by atoms with Gasteiger partial charge in [0, 0.05) is 6.54 Å². The van der Waals surface area contributed by atoms with Crippen LogP contribution in [0.2, 0.25) is 0 Å². The number of esters is 1. The van der Waals surface area contributed by atoms with Gasteiger partial charge in [0.25, 0.3) is 11.8 Å². The van der Waals surface area contributed by atoms with E-state index in [1.54, 1.807) is 31.2 Å². The fourth-order valence-corrected chi connectivity index (χ4v) is 3.99. The van der Waals surface area contributed by atoms with Crippen molar-refractivity contribution < 1.29 is 28.7 Å². The standard InChI is InChI=1S/C28H26N2O6/c1-2-35-28(34)21-13-15-22(16-14-21)30-25(31)17-24(27(30)33)29(18-20-9-5-3-6-10-20)26(32)19-36-23-11-7-4-8-12-23/h3-16,24H,2,17-19H2,1H3. The van der Waals surface area contributed by atoms with E-state index in [2.05, 4.69) is 0 Å². The van der Waals surface area contributed by atoms with E-state index in [0.29, 0.717) is 17.0 Å². The number of hydrogen-bond donors (Lipinski definition) is 0. The second-order valence-electron chi connectivity index (χ2n) is 8.16. The Kier molecular flexibility index (Phi) is 7.75. The van der Waals surface area contributed by atoms with E-state index in [-0.39, 0.29) is 26.2 Å². The van der Waals surface area contributed by atoms with Crippen molar-refractivity contribution in [3.05, 3.63) is 96.1 Å². The number of anilines is 1. The number of benzene rings is 3. The van der Waals surface area contributed by atoms with Gasteiger partial charge in [-0.15, -0.1) is 0 Å². The Hall–Kier alpha value is -4.46. The molecular formula is C28H26N2O6. The molecule has 0 saturated carbocycles. The zero-order valence-electron chi connectivity index (χ0n) is 19.8. The summed E-state index contributed by atoms with van der Waals surface area (Å²) < 4.78 is 10.6. The van der Waals surface area contributed by atoms with Gasteiger partial charge in [-0.05, 0) is 48.9 Å². The van der Waals surface area contributed by atoms with Gasteiger partial charge in [0.2, 0.25) is 5.91 Å². The maximum Gasteiger partial charge on any atom is 0.338 e. The second-order valence-corrected chi connectivity index (χ2v) is 8.16. The molecule has 3 aromatic carbocycles. The van der Waals surface area contributed by atoms with E-state index >= 15 is 0 Å². The van der Waals surface area contributed by atoms with Gasteiger partial charge in [-0.1, -0.05) is 48.5 Å². The van der Waals surface area contributed by atoms with Crippen molar-refractivity contribution in [3.8, 4) is 5.75 Å². The van der Waals surface area contributed by atoms with Crippen molar-refractivity contribution >= 4 is 29.4 Å². The summed E-state index contributed by atoms with van der Waals surface area (Å²) in [6, 6.07) is 23.2. The van der Waals surface area contributed by atoms with Crippen LogP contribution >= 0.6 is 0 Å². The van der Waals surface area contributed by atoms with Crippen molar-refractivity contribution in [2.24, 2.45) is 0 Å². The van der Waals surface area contributed by atoms with Gasteiger partial charge in [0.1, 0.15) is 11.8 Å². The molecule has 0 spiro atoms. The summed E-state index contributed by atoms with van der Waals surface area (Å²) in [6.45, 7) is 1.83. The number of rotatable bonds is 9. The molecular weight excluding hydrogens is 460 g/mol. The average molecular weight is 487 g/mol. The van der Waals surface area contributed by atoms with Crippen LogP contribution in [-0.2, 0) is 25.7 Å². The van der Waals surface area contributed by atoms with Crippen molar-refractivity contribution in [1.82, 2.24) is 4.90 Å². The molecule has 8 heteroatoms. The van der Waals surface area contributed by atoms with Crippen molar-refractivity contribution in [2.45, 2.75) is 25.9 Å². The molecule has 36 heavy (non-hydrogen) atoms. The Bertz CT molecular complexity index is 1230. The minimum atomic E-state index is -0.977. The van der Waals surface area contributed by atoms with Gasteiger partial charge in [-0.25, -0.2) is 9.69 Å². The fourth-order valence-electron chi connectivity index (χ4n) is 3.99. The highest BCUT2D eigenvalue weighted by Crippen LogP contribution is 2.27. The van der Waals surface area contributed by atoms with Crippen LogP contribution in [0.15, 0.2) is 84.9 Å². The van der Waals surface area contributed by atoms with Gasteiger partial charge in [0.15, 0.2) is 6.61 Å². The summed E-state index contributed by atoms with van der Waals surface area (Å²) in [6.07, 6.45) is -0.150. The molecule has 1 fully saturated rings. The molecule has 0 aliphatic carbocycles. The van der Waals surface area contributed by atoms with Gasteiger partial charge >= 0.3 is 5.97 Å². The predicted molar refractivity (Wildman–Crippen MR) is 132 cm³/mol. The number of para-hydroxylation sites is 1. The molecule has 1 heterocycles. The molecule has 184 valence electrons. The number of amides is 3. The van der Waals surface area contributed by atoms with E-state index in [1.165, 1.54) is 29.2 Å². The summed E-state index contributed by atoms with van der Waals surface area (Å²) in [4.78, 5) is 54.0. The van der Waals surface area contributed by atoms with Crippen molar-refractivity contribution in [1.29, 1.82) is 0 Å². The summed E-state index contributed by atoms with van der Waals surface area (Å²) in [5, 5.41) is 0. The normalized spacial score (nSPS) is 15.0. The SMILES string of the molecule is CCOC(=O)c1ccc(N2C(=O)CC(N(Cc3ccccc3)C(=O)COc3ccccc3)C2=O)cc1. The quantitative estimate of drug-likeness (QED) is 0.339. The maximum atomic E-state index is 13.4. The van der Waals surface area contributed by atoms with Crippen LogP contribution in [0.3, 0.4) is 0 Å². The molecule has 0 bridgehead atoms. The monoisotopic (exact) mass is 486 g/mol. The second kappa shape index (κ2) is 11.3. The van der Waals surface area contributed by atoms with E-state index in [9.17, 15) is 19.2 Å². The number of ether oxygens (including phenoxy) is 2. The lowest BCUT2D eigenvalue weighted by atomic mass is 10.1. The summed E-state index contributed by atoms with van der Waals surface area (Å²) in [5.41, 5.74) is 1.46. The smallest absolute Gasteiger partial charge is 0.338 e. The van der Waals surface area contributed by atoms with Gasteiger partial charge in [-0.3, -0.25) is 14.4 Å². The highest BCUT2D eigenvalue weighted by atomic mass is 16.5. The third-order valence-electron chi connectivity index (χ3n) is 5.76. The topological polar surface area (TPSA) is 93.2 Å². The van der Waals surface area contributed by atoms with Crippen LogP contribution in [0.5, 0.6) is 5.75 Å². The average Bonchev–Trinajstić information content (AvgIpc) is 3.20. The van der Waals surface area contributed by atoms with E-state index in [1.807, 2.05) is 36.4 Å². The Balaban J connectivity index is 1.55. The molecule has 3 amide bonds. The number of imide groups is 1. The molecule has 1 saturated heterocycles. The van der Waals surface area contributed by atoms with E-state index in [0.717, 1.165) is 10.5 Å². The first kappa shape index (κ1) is 24.7. The van der Waals surface area contributed by atoms with Crippen LogP contribution < -0.4 is 9.64 Å². The van der Waals surface area contributed by atoms with Gasteiger partial charge in [0.05, 0.1) is 24.3 Å². The predicted octanol–water partition coefficient (Wildman–Crippen LogP) is 3.60. The molecule has 0 radical (unpaired) electrons. The number of hydrogen-bond acceptors (Lipinski definition) is 6. The number of carbonyl (C=O) groups excluding carboxylic acids is 4. The highest BCUT2D eigenvalue weighted by Gasteiger charge is 2.44. The van der Waals surface area contributed by atoms with Crippen LogP contribution in [0.4, 0.5) is 5.69 Å². The van der Waals surface area contributed by atoms with E-state index < -0.39 is 29.7 Å². The van der Waals surface area contributed by atoms with Gasteiger partial charge < -0.3 is 14.4 Å². The lowest BCUT2D eigenvalue weighted by Gasteiger charge is -2.28. The van der Waals surface area contributed by atoms with Crippen molar-refractivity contribution in [2.75, 3.05) is 18.1 Å². The number of nitrogens with zero attached hydrogens (tertiary/aromatic N) is 2. The first-order valence-corrected chi connectivity index (χ1v) is 11.6. The Morgan fingerprint density at radius 1 is 0.917 bits per heavy atom. The molecule has 8 nitrogen and oxygen atoms in total. The molecule has 0 aromatic heterocycles. The zero-order valence-corrected chi connectivity index (χ0v) is 19.8. The number of carbonyl (C=O) groups is 4. The highest BCUT2D eigenvalue weighted by molar-refractivity contribution is 6.23. The molecule has 1 unspecified atom stereocenters. The third kappa shape index (κ3) is 5.60. The van der Waals surface area contributed by atoms with Gasteiger partial charge in [-0.2, -0.15) is 0 Å². The summed E-state index contributed by atoms with van der Waals surface area (Å²) in [5.74, 6) is -1.30. The van der Waals surface area contributed by atoms with Crippen molar-refractivity contribution in [3.63, 3.8) is 0 Å². The van der Waals surface area contributed by atoms with Crippen LogP contribution in [0, 0.1) is 0 Å². The lowest BCUT2D eigenvalue weighted by molar-refractivity contribution is -0.140. The first-order valence-electron chi connectivity index (χ1n) is 11.6. The summed E-state index contributed by atoms with van der Waals surface area (Å²) >= 11 is 0. The zero-order chi connectivity index (χ0) is 25.5. The Morgan fingerprint density at radius 3 is 2.19 bits per heavy atom. The lowest BCUT2D eigenvalue weighted by Crippen LogP contribution is -2.46. The fraction of sp³-hybridized carbons (Fsp3) is 0.214. The molecule has 0 N–H and O–H groups in total. The largest absolute Gasteiger partial charge is 0.484 e. The summed E-state index contributed by atoms with van der Waals surface area (Å²) in [7, 11) is 0. The first-order chi connectivity index (χ1) is 17.5. The van der Waals surface area contributed by atoms with Crippen LogP contribution in [0.1, 0.15) is 29.3 Å². The molecule has 1 aliphatic rings. The molecule has 1 aliphatic heterocycles. The Morgan fingerprint density at radius 2 is 1.56 bits per heavy atom. The van der Waals surface area contributed by atoms with E-state index in [4.69, 9.17) is 9.47 Å². The third-order valence-corrected chi connectivity index (χ3v) is 5.76. The minimum absolute atomic E-state index is 0.150.